The Bertz CT molecular complexity index is 977. The van der Waals surface area contributed by atoms with E-state index in [1.54, 1.807) is 34.3 Å². The summed E-state index contributed by atoms with van der Waals surface area (Å²) in [6, 6.07) is 9.60. The molecule has 0 N–H and O–H groups in total. The fourth-order valence-electron chi connectivity index (χ4n) is 3.26. The summed E-state index contributed by atoms with van der Waals surface area (Å²) >= 11 is 1.45. The Morgan fingerprint density at radius 1 is 1.00 bits per heavy atom. The third kappa shape index (κ3) is 4.71. The number of carbonyl (C=O) groups excluding carboxylic acids is 2. The number of carbonyl (C=O) groups is 2. The smallest absolute Gasteiger partial charge is 0.228 e. The van der Waals surface area contributed by atoms with Gasteiger partial charge in [-0.3, -0.25) is 9.59 Å². The molecule has 0 radical (unpaired) electrons. The normalized spacial score (nSPS) is 14.2. The van der Waals surface area contributed by atoms with Gasteiger partial charge in [0.25, 0.3) is 0 Å². The van der Waals surface area contributed by atoms with Crippen molar-refractivity contribution in [1.29, 1.82) is 0 Å². The molecule has 1 saturated heterocycles. The molecule has 0 aliphatic carbocycles. The number of hydrogen-bond acceptors (Lipinski definition) is 5. The van der Waals surface area contributed by atoms with Crippen LogP contribution in [0.25, 0.3) is 10.8 Å². The van der Waals surface area contributed by atoms with E-state index in [4.69, 9.17) is 4.42 Å². The Kier molecular flexibility index (Phi) is 5.71. The lowest BCUT2D eigenvalue weighted by molar-refractivity contribution is -0.138. The van der Waals surface area contributed by atoms with Gasteiger partial charge in [-0.2, -0.15) is 0 Å². The van der Waals surface area contributed by atoms with E-state index in [9.17, 15) is 14.0 Å². The second-order valence-electron chi connectivity index (χ2n) is 6.86. The van der Waals surface area contributed by atoms with Crippen molar-refractivity contribution in [2.75, 3.05) is 26.2 Å². The minimum atomic E-state index is -0.315. The van der Waals surface area contributed by atoms with Crippen LogP contribution in [0.5, 0.6) is 0 Å². The summed E-state index contributed by atoms with van der Waals surface area (Å²) in [5, 5.41) is 2.63. The molecule has 150 valence electrons. The molecule has 1 aromatic carbocycles. The van der Waals surface area contributed by atoms with Gasteiger partial charge in [-0.1, -0.05) is 12.1 Å². The monoisotopic (exact) mass is 413 g/mol. The number of hydrogen-bond donors (Lipinski definition) is 0. The molecule has 6 nitrogen and oxygen atoms in total. The zero-order valence-electron chi connectivity index (χ0n) is 15.7. The van der Waals surface area contributed by atoms with Gasteiger partial charge in [0, 0.05) is 31.6 Å². The Morgan fingerprint density at radius 3 is 2.28 bits per heavy atom. The number of amides is 2. The van der Waals surface area contributed by atoms with Crippen molar-refractivity contribution < 1.29 is 18.4 Å². The van der Waals surface area contributed by atoms with Crippen molar-refractivity contribution in [3.05, 3.63) is 65.1 Å². The second kappa shape index (κ2) is 8.57. The molecule has 29 heavy (non-hydrogen) atoms. The van der Waals surface area contributed by atoms with Crippen LogP contribution in [-0.2, 0) is 22.4 Å². The van der Waals surface area contributed by atoms with Gasteiger partial charge in [-0.15, -0.1) is 11.3 Å². The topological polar surface area (TPSA) is 66.7 Å². The van der Waals surface area contributed by atoms with Gasteiger partial charge in [-0.05, 0) is 29.8 Å². The van der Waals surface area contributed by atoms with Crippen LogP contribution in [0, 0.1) is 5.82 Å². The number of aromatic nitrogens is 1. The van der Waals surface area contributed by atoms with Crippen molar-refractivity contribution in [3.63, 3.8) is 0 Å². The molecule has 0 unspecified atom stereocenters. The summed E-state index contributed by atoms with van der Waals surface area (Å²) in [7, 11) is 0. The average Bonchev–Trinajstić information content (AvgIpc) is 3.41. The van der Waals surface area contributed by atoms with Gasteiger partial charge in [-0.25, -0.2) is 9.37 Å². The van der Waals surface area contributed by atoms with E-state index in [0.717, 1.165) is 16.3 Å². The molecule has 0 spiro atoms. The van der Waals surface area contributed by atoms with Gasteiger partial charge < -0.3 is 14.2 Å². The Morgan fingerprint density at radius 2 is 1.66 bits per heavy atom. The highest BCUT2D eigenvalue weighted by Crippen LogP contribution is 2.24. The number of piperazine rings is 1. The van der Waals surface area contributed by atoms with Gasteiger partial charge in [0.15, 0.2) is 10.8 Å². The van der Waals surface area contributed by atoms with Crippen LogP contribution in [0.4, 0.5) is 4.39 Å². The Balaban J connectivity index is 1.27. The molecule has 1 aliphatic rings. The molecule has 0 atom stereocenters. The SMILES string of the molecule is O=C(Cc1ccc(F)cc1)N1CCN(C(=O)Cc2csc(-c3ccco3)n2)CC1. The predicted molar refractivity (Wildman–Crippen MR) is 107 cm³/mol. The fourth-order valence-corrected chi connectivity index (χ4v) is 4.05. The molecule has 2 amide bonds. The molecule has 1 aliphatic heterocycles. The van der Waals surface area contributed by atoms with Gasteiger partial charge in [0.1, 0.15) is 5.82 Å². The molecule has 2 aromatic heterocycles. The first-order valence-electron chi connectivity index (χ1n) is 9.37. The molecule has 3 heterocycles. The summed E-state index contributed by atoms with van der Waals surface area (Å²) in [5.74, 6) is 0.380. The van der Waals surface area contributed by atoms with Crippen molar-refractivity contribution >= 4 is 23.2 Å². The first-order chi connectivity index (χ1) is 14.1. The molecule has 1 fully saturated rings. The van der Waals surface area contributed by atoms with Crippen LogP contribution in [0.3, 0.4) is 0 Å². The van der Waals surface area contributed by atoms with Crippen molar-refractivity contribution in [2.45, 2.75) is 12.8 Å². The number of rotatable bonds is 5. The summed E-state index contributed by atoms with van der Waals surface area (Å²) in [5.41, 5.74) is 1.51. The maximum Gasteiger partial charge on any atom is 0.228 e. The largest absolute Gasteiger partial charge is 0.462 e. The molecule has 3 aromatic rings. The third-order valence-corrected chi connectivity index (χ3v) is 5.78. The molecule has 4 rings (SSSR count). The average molecular weight is 413 g/mol. The van der Waals surface area contributed by atoms with Crippen LogP contribution in [0.2, 0.25) is 0 Å². The van der Waals surface area contributed by atoms with E-state index >= 15 is 0 Å². The van der Waals surface area contributed by atoms with E-state index < -0.39 is 0 Å². The zero-order chi connectivity index (χ0) is 20.2. The predicted octanol–water partition coefficient (Wildman–Crippen LogP) is 3.00. The van der Waals surface area contributed by atoms with Crippen LogP contribution in [-0.4, -0.2) is 52.8 Å². The van der Waals surface area contributed by atoms with Gasteiger partial charge >= 0.3 is 0 Å². The van der Waals surface area contributed by atoms with Crippen molar-refractivity contribution in [2.24, 2.45) is 0 Å². The first kappa shape index (κ1) is 19.3. The summed E-state index contributed by atoms with van der Waals surface area (Å²) in [6.45, 7) is 2.01. The van der Waals surface area contributed by atoms with E-state index in [0.29, 0.717) is 31.9 Å². The zero-order valence-corrected chi connectivity index (χ0v) is 16.5. The second-order valence-corrected chi connectivity index (χ2v) is 7.72. The molecule has 8 heteroatoms. The van der Waals surface area contributed by atoms with Crippen molar-refractivity contribution in [1.82, 2.24) is 14.8 Å². The maximum atomic E-state index is 13.0. The number of furan rings is 1. The Labute approximate surface area is 171 Å². The number of nitrogens with zero attached hydrogens (tertiary/aromatic N) is 3. The van der Waals surface area contributed by atoms with Crippen LogP contribution in [0.1, 0.15) is 11.3 Å². The lowest BCUT2D eigenvalue weighted by Crippen LogP contribution is -2.51. The van der Waals surface area contributed by atoms with Crippen molar-refractivity contribution in [3.8, 4) is 10.8 Å². The van der Waals surface area contributed by atoms with Gasteiger partial charge in [0.2, 0.25) is 11.8 Å². The van der Waals surface area contributed by atoms with Gasteiger partial charge in [0.05, 0.1) is 24.8 Å². The number of thiazole rings is 1. The van der Waals surface area contributed by atoms with Crippen LogP contribution in [0.15, 0.2) is 52.5 Å². The summed E-state index contributed by atoms with van der Waals surface area (Å²) < 4.78 is 18.3. The van der Waals surface area contributed by atoms with E-state index in [-0.39, 0.29) is 30.5 Å². The molecular weight excluding hydrogens is 393 g/mol. The highest BCUT2D eigenvalue weighted by molar-refractivity contribution is 7.13. The molecule has 0 bridgehead atoms. The minimum absolute atomic E-state index is 0.00642. The van der Waals surface area contributed by atoms with E-state index in [1.807, 2.05) is 11.4 Å². The van der Waals surface area contributed by atoms with E-state index in [1.165, 1.54) is 23.5 Å². The van der Waals surface area contributed by atoms with Crippen LogP contribution < -0.4 is 0 Å². The standard InChI is InChI=1S/C21H20FN3O3S/c22-16-5-3-15(4-6-16)12-19(26)24-7-9-25(10-8-24)20(27)13-17-14-29-21(23-17)18-2-1-11-28-18/h1-6,11,14H,7-10,12-13H2. The maximum absolute atomic E-state index is 13.0. The quantitative estimate of drug-likeness (QED) is 0.645. The lowest BCUT2D eigenvalue weighted by Gasteiger charge is -2.34. The highest BCUT2D eigenvalue weighted by Gasteiger charge is 2.24. The Hall–Kier alpha value is -3.00. The minimum Gasteiger partial charge on any atom is -0.462 e. The number of halogens is 1. The fraction of sp³-hybridized carbons (Fsp3) is 0.286. The summed E-state index contributed by atoms with van der Waals surface area (Å²) in [4.78, 5) is 33.0. The first-order valence-corrected chi connectivity index (χ1v) is 10.2. The lowest BCUT2D eigenvalue weighted by atomic mass is 10.1. The summed E-state index contributed by atoms with van der Waals surface area (Å²) in [6.07, 6.45) is 2.07. The molecular formula is C21H20FN3O3S. The number of benzene rings is 1. The highest BCUT2D eigenvalue weighted by atomic mass is 32.1. The third-order valence-electron chi connectivity index (χ3n) is 4.87. The van der Waals surface area contributed by atoms with E-state index in [2.05, 4.69) is 4.98 Å². The molecule has 0 saturated carbocycles. The van der Waals surface area contributed by atoms with Crippen LogP contribution >= 0.6 is 11.3 Å².